The molecule has 3 aromatic rings. The van der Waals surface area contributed by atoms with Crippen LogP contribution in [0.4, 0.5) is 0 Å². The summed E-state index contributed by atoms with van der Waals surface area (Å²) in [5, 5.41) is 2.97. The molecule has 0 aliphatic carbocycles. The van der Waals surface area contributed by atoms with Gasteiger partial charge < -0.3 is 9.88 Å². The molecule has 0 spiro atoms. The third-order valence-electron chi connectivity index (χ3n) is 4.68. The number of rotatable bonds is 0. The van der Waals surface area contributed by atoms with Gasteiger partial charge in [-0.3, -0.25) is 4.79 Å². The molecule has 1 aromatic heterocycles. The Morgan fingerprint density at radius 2 is 2.23 bits per heavy atom. The maximum absolute atomic E-state index is 12.7. The molecular formula is C18H15N3O. The molecule has 108 valence electrons. The molecule has 2 aliphatic rings. The largest absolute Gasteiger partial charge is 0.342 e. The van der Waals surface area contributed by atoms with Gasteiger partial charge in [-0.05, 0) is 42.6 Å². The molecule has 3 heterocycles. The van der Waals surface area contributed by atoms with Crippen molar-refractivity contribution in [3.63, 3.8) is 0 Å². The van der Waals surface area contributed by atoms with Gasteiger partial charge in [-0.1, -0.05) is 24.2 Å². The van der Waals surface area contributed by atoms with Crippen molar-refractivity contribution in [1.82, 2.24) is 14.9 Å². The normalized spacial score (nSPS) is 24.0. The summed E-state index contributed by atoms with van der Waals surface area (Å²) in [6.07, 6.45) is 0.656. The van der Waals surface area contributed by atoms with Gasteiger partial charge in [-0.25, -0.2) is 4.98 Å². The van der Waals surface area contributed by atoms with Gasteiger partial charge in [0, 0.05) is 5.56 Å². The van der Waals surface area contributed by atoms with Gasteiger partial charge in [0.1, 0.15) is 5.82 Å². The van der Waals surface area contributed by atoms with E-state index in [1.165, 1.54) is 0 Å². The summed E-state index contributed by atoms with van der Waals surface area (Å²) >= 11 is 0. The van der Waals surface area contributed by atoms with Crippen LogP contribution in [0.1, 0.15) is 49.9 Å². The quantitative estimate of drug-likeness (QED) is 0.692. The second-order valence-electron chi connectivity index (χ2n) is 5.89. The number of amides is 1. The maximum atomic E-state index is 12.7. The number of carbonyl (C=O) groups excluding carboxylic acids is 1. The molecule has 2 atom stereocenters. The van der Waals surface area contributed by atoms with Crippen LogP contribution < -0.4 is 5.32 Å². The second-order valence-corrected chi connectivity index (χ2v) is 5.89. The summed E-state index contributed by atoms with van der Waals surface area (Å²) in [4.78, 5) is 17.4. The number of nitrogens with one attached hydrogen (secondary N) is 1. The molecule has 0 radical (unpaired) electrons. The summed E-state index contributed by atoms with van der Waals surface area (Å²) in [5.41, 5.74) is 3.38. The number of aromatic nitrogens is 2. The number of nitrogens with zero attached hydrogens (tertiary/aromatic N) is 2. The van der Waals surface area contributed by atoms with Crippen molar-refractivity contribution in [1.29, 1.82) is 0 Å². The van der Waals surface area contributed by atoms with E-state index < -0.39 is 0 Å². The summed E-state index contributed by atoms with van der Waals surface area (Å²) < 4.78 is 26.5. The maximum Gasteiger partial charge on any atom is 0.252 e. The molecule has 2 aliphatic heterocycles. The number of fused-ring (bicyclic) bond motifs is 9. The summed E-state index contributed by atoms with van der Waals surface area (Å²) in [6, 6.07) is 7.12. The molecule has 0 fully saturated rings. The van der Waals surface area contributed by atoms with Crippen LogP contribution in [-0.2, 0) is 0 Å². The molecule has 22 heavy (non-hydrogen) atoms. The highest BCUT2D eigenvalue weighted by Crippen LogP contribution is 2.44. The third-order valence-corrected chi connectivity index (χ3v) is 4.68. The molecule has 5 rings (SSSR count). The minimum absolute atomic E-state index is 0.0212. The number of carbonyl (C=O) groups is 1. The zero-order valence-electron chi connectivity index (χ0n) is 15.0. The third kappa shape index (κ3) is 1.37. The Labute approximate surface area is 132 Å². The average molecular weight is 292 g/mol. The van der Waals surface area contributed by atoms with E-state index in [9.17, 15) is 4.79 Å². The van der Waals surface area contributed by atoms with E-state index in [-0.39, 0.29) is 41.7 Å². The molecule has 2 aromatic carbocycles. The van der Waals surface area contributed by atoms with Crippen LogP contribution in [0.5, 0.6) is 0 Å². The lowest BCUT2D eigenvalue weighted by atomic mass is 9.94. The lowest BCUT2D eigenvalue weighted by molar-refractivity contribution is 0.0938. The van der Waals surface area contributed by atoms with Crippen molar-refractivity contribution < 1.29 is 8.91 Å². The summed E-state index contributed by atoms with van der Waals surface area (Å²) in [6.45, 7) is 1.77. The number of para-hydroxylation sites is 2. The lowest BCUT2D eigenvalue weighted by Gasteiger charge is -2.19. The van der Waals surface area contributed by atoms with Crippen LogP contribution in [0.2, 0.25) is 0 Å². The van der Waals surface area contributed by atoms with Crippen molar-refractivity contribution >= 4 is 16.9 Å². The van der Waals surface area contributed by atoms with Crippen LogP contribution in [0.3, 0.4) is 0 Å². The van der Waals surface area contributed by atoms with E-state index >= 15 is 0 Å². The van der Waals surface area contributed by atoms with Crippen LogP contribution in [0.25, 0.3) is 11.0 Å². The highest BCUT2D eigenvalue weighted by atomic mass is 16.1. The summed E-state index contributed by atoms with van der Waals surface area (Å²) in [7, 11) is 0. The average Bonchev–Trinajstić information content (AvgIpc) is 3.08. The fourth-order valence-corrected chi connectivity index (χ4v) is 3.78. The predicted molar refractivity (Wildman–Crippen MR) is 83.9 cm³/mol. The Morgan fingerprint density at radius 3 is 3.14 bits per heavy atom. The van der Waals surface area contributed by atoms with Gasteiger partial charge in [0.2, 0.25) is 0 Å². The fraction of sp³-hybridized carbons (Fsp3) is 0.222. The van der Waals surface area contributed by atoms with Crippen molar-refractivity contribution in [2.45, 2.75) is 25.4 Å². The number of hydrogen-bond donors (Lipinski definition) is 1. The van der Waals surface area contributed by atoms with Crippen LogP contribution >= 0.6 is 0 Å². The highest BCUT2D eigenvalue weighted by Gasteiger charge is 2.40. The van der Waals surface area contributed by atoms with Crippen LogP contribution in [0.15, 0.2) is 42.4 Å². The van der Waals surface area contributed by atoms with E-state index in [0.717, 1.165) is 16.9 Å². The minimum atomic E-state index is -0.345. The Morgan fingerprint density at radius 1 is 1.36 bits per heavy atom. The SMILES string of the molecule is [2H]c1c([2H])c(C)c2c(c1[2H])C(=O)NC1CC2n2c1nc1ccccc12. The number of imidazole rings is 1. The Bertz CT molecular complexity index is 1090. The zero-order chi connectivity index (χ0) is 17.5. The highest BCUT2D eigenvalue weighted by molar-refractivity contribution is 5.97. The number of benzene rings is 2. The van der Waals surface area contributed by atoms with Gasteiger partial charge in [-0.15, -0.1) is 0 Å². The van der Waals surface area contributed by atoms with E-state index in [0.29, 0.717) is 17.5 Å². The molecule has 0 saturated heterocycles. The first kappa shape index (κ1) is 9.41. The van der Waals surface area contributed by atoms with Crippen LogP contribution in [0, 0.1) is 6.92 Å². The van der Waals surface area contributed by atoms with Gasteiger partial charge in [0.25, 0.3) is 5.91 Å². The molecule has 1 N–H and O–H groups in total. The van der Waals surface area contributed by atoms with Crippen molar-refractivity contribution in [3.05, 3.63) is 64.9 Å². The molecule has 0 saturated carbocycles. The van der Waals surface area contributed by atoms with E-state index in [1.807, 2.05) is 24.3 Å². The standard InChI is InChI=1S/C18H15N3O/c1-10-5-4-6-11-16(10)15-9-13(20-18(11)22)17-19-12-7-2-3-8-14(12)21(15)17/h2-8,13,15H,9H2,1H3,(H,20,22)/i4D,5D,6D. The summed E-state index contributed by atoms with van der Waals surface area (Å²) in [5.74, 6) is 0.472. The van der Waals surface area contributed by atoms with Gasteiger partial charge in [0.15, 0.2) is 0 Å². The fourth-order valence-electron chi connectivity index (χ4n) is 3.78. The van der Waals surface area contributed by atoms with E-state index in [4.69, 9.17) is 9.10 Å². The van der Waals surface area contributed by atoms with Gasteiger partial charge in [-0.2, -0.15) is 0 Å². The van der Waals surface area contributed by atoms with E-state index in [1.54, 1.807) is 6.92 Å². The van der Waals surface area contributed by atoms with Crippen molar-refractivity contribution in [2.24, 2.45) is 0 Å². The molecule has 2 unspecified atom stereocenters. The zero-order valence-corrected chi connectivity index (χ0v) is 12.0. The number of hydrogen-bond acceptors (Lipinski definition) is 2. The van der Waals surface area contributed by atoms with Crippen LogP contribution in [-0.4, -0.2) is 15.5 Å². The molecule has 4 nitrogen and oxygen atoms in total. The molecule has 4 heteroatoms. The Kier molecular flexibility index (Phi) is 1.70. The predicted octanol–water partition coefficient (Wildman–Crippen LogP) is 3.12. The van der Waals surface area contributed by atoms with Gasteiger partial charge in [0.05, 0.1) is 27.2 Å². The molecule has 2 bridgehead atoms. The topological polar surface area (TPSA) is 46.9 Å². The Balaban J connectivity index is 1.90. The first-order valence-corrected chi connectivity index (χ1v) is 7.37. The van der Waals surface area contributed by atoms with Crippen molar-refractivity contribution in [2.75, 3.05) is 0 Å². The molecule has 1 amide bonds. The van der Waals surface area contributed by atoms with Gasteiger partial charge >= 0.3 is 0 Å². The first-order chi connectivity index (χ1) is 12.0. The lowest BCUT2D eigenvalue weighted by Crippen LogP contribution is -2.28. The van der Waals surface area contributed by atoms with E-state index in [2.05, 4.69) is 9.88 Å². The smallest absolute Gasteiger partial charge is 0.252 e. The van der Waals surface area contributed by atoms with Crippen molar-refractivity contribution in [3.8, 4) is 0 Å². The minimum Gasteiger partial charge on any atom is -0.342 e. The Hall–Kier alpha value is -2.62. The monoisotopic (exact) mass is 292 g/mol. The first-order valence-electron chi connectivity index (χ1n) is 8.87. The second kappa shape index (κ2) is 3.97. The molecular weight excluding hydrogens is 274 g/mol.